The molecule has 1 atom stereocenters. The summed E-state index contributed by atoms with van der Waals surface area (Å²) in [6.07, 6.45) is 0. The van der Waals surface area contributed by atoms with Gasteiger partial charge in [-0.15, -0.1) is 0 Å². The molecule has 1 unspecified atom stereocenters. The van der Waals surface area contributed by atoms with E-state index in [0.29, 0.717) is 0 Å². The van der Waals surface area contributed by atoms with Crippen LogP contribution in [0.4, 0.5) is 11.4 Å². The van der Waals surface area contributed by atoms with Crippen molar-refractivity contribution in [3.05, 3.63) is 434 Å². The number of para-hydroxylation sites is 5. The highest BCUT2D eigenvalue weighted by atomic mass is 79.9. The number of nitrogens with one attached hydrogen (secondary N) is 1. The first kappa shape index (κ1) is 64.0. The van der Waals surface area contributed by atoms with Crippen molar-refractivity contribution in [3.8, 4) is 55.9 Å². The van der Waals surface area contributed by atoms with Crippen LogP contribution in [-0.4, -0.2) is 9.13 Å². The molecule has 0 fully saturated rings. The molecule has 0 spiro atoms. The Kier molecular flexibility index (Phi) is 17.3. The molecule has 2 heterocycles. The lowest BCUT2D eigenvalue weighted by Crippen LogP contribution is -2.04. The summed E-state index contributed by atoms with van der Waals surface area (Å²) in [7, 11) is 0. The molecule has 4 heteroatoms. The molecule has 0 saturated carbocycles. The summed E-state index contributed by atoms with van der Waals surface area (Å²) in [5.74, 6) is 0.0939. The molecule has 20 aromatic rings. The minimum Gasteiger partial charge on any atom is -0.356 e. The van der Waals surface area contributed by atoms with Crippen LogP contribution in [0.5, 0.6) is 0 Å². The summed E-state index contributed by atoms with van der Waals surface area (Å²) in [5, 5.41) is 18.8. The first-order chi connectivity index (χ1) is 52.1. The maximum atomic E-state index is 3.56. The highest BCUT2D eigenvalue weighted by Crippen LogP contribution is 2.47. The van der Waals surface area contributed by atoms with Crippen LogP contribution in [0.2, 0.25) is 0 Å². The Balaban J connectivity index is 0.000000124. The van der Waals surface area contributed by atoms with Gasteiger partial charge in [-0.05, 0) is 189 Å². The summed E-state index contributed by atoms with van der Waals surface area (Å²) in [5.41, 5.74) is 23.4. The number of halogens is 1. The lowest BCUT2D eigenvalue weighted by atomic mass is 9.83. The molecule has 105 heavy (non-hydrogen) atoms. The predicted molar refractivity (Wildman–Crippen MR) is 451 cm³/mol. The molecule has 0 aliphatic carbocycles. The Morgan fingerprint density at radius 1 is 0.190 bits per heavy atom. The zero-order chi connectivity index (χ0) is 70.0. The number of anilines is 2. The molecule has 0 radical (unpaired) electrons. The van der Waals surface area contributed by atoms with Gasteiger partial charge in [0.1, 0.15) is 0 Å². The molecule has 496 valence electrons. The van der Waals surface area contributed by atoms with Crippen molar-refractivity contribution < 1.29 is 0 Å². The molecular formula is C101H70BrN3. The Labute approximate surface area is 619 Å². The van der Waals surface area contributed by atoms with E-state index >= 15 is 0 Å². The zero-order valence-corrected chi connectivity index (χ0v) is 59.2. The maximum Gasteiger partial charge on any atom is 0.0541 e. The molecule has 20 rings (SSSR count). The Hall–Kier alpha value is -13.1. The van der Waals surface area contributed by atoms with E-state index in [1.807, 2.05) is 18.2 Å². The van der Waals surface area contributed by atoms with Crippen LogP contribution in [0.25, 0.3) is 143 Å². The summed E-state index contributed by atoms with van der Waals surface area (Å²) < 4.78 is 5.82. The Morgan fingerprint density at radius 3 is 0.752 bits per heavy atom. The average molecular weight is 1410 g/mol. The van der Waals surface area contributed by atoms with Gasteiger partial charge in [-0.1, -0.05) is 344 Å². The van der Waals surface area contributed by atoms with Crippen molar-refractivity contribution in [2.45, 2.75) is 5.92 Å². The number of nitrogens with zero attached hydrogens (tertiary/aromatic N) is 2. The monoisotopic (exact) mass is 1400 g/mol. The fraction of sp³-hybridized carbons (Fsp3) is 0.00990. The maximum absolute atomic E-state index is 3.56. The van der Waals surface area contributed by atoms with Crippen LogP contribution in [0, 0.1) is 0 Å². The van der Waals surface area contributed by atoms with E-state index in [9.17, 15) is 0 Å². The number of aromatic nitrogens is 2. The molecule has 2 aromatic heterocycles. The highest BCUT2D eigenvalue weighted by Gasteiger charge is 2.22. The third kappa shape index (κ3) is 12.2. The van der Waals surface area contributed by atoms with Gasteiger partial charge in [-0.25, -0.2) is 0 Å². The fourth-order valence-electron chi connectivity index (χ4n) is 16.0. The van der Waals surface area contributed by atoms with Gasteiger partial charge in [0.05, 0.1) is 22.1 Å². The van der Waals surface area contributed by atoms with Gasteiger partial charge in [0.25, 0.3) is 0 Å². The van der Waals surface area contributed by atoms with E-state index in [1.54, 1.807) is 0 Å². The van der Waals surface area contributed by atoms with Crippen molar-refractivity contribution in [1.29, 1.82) is 0 Å². The van der Waals surface area contributed by atoms with Crippen molar-refractivity contribution in [2.75, 3.05) is 5.32 Å². The van der Waals surface area contributed by atoms with E-state index in [-0.39, 0.29) is 5.92 Å². The molecule has 0 amide bonds. The van der Waals surface area contributed by atoms with Crippen LogP contribution in [0.1, 0.15) is 22.6 Å². The smallest absolute Gasteiger partial charge is 0.0541 e. The molecule has 0 aliphatic heterocycles. The summed E-state index contributed by atoms with van der Waals surface area (Å²) in [6.45, 7) is 0. The molecule has 0 bridgehead atoms. The molecule has 1 N–H and O–H groups in total. The van der Waals surface area contributed by atoms with Crippen molar-refractivity contribution in [1.82, 2.24) is 9.13 Å². The van der Waals surface area contributed by atoms with Gasteiger partial charge < -0.3 is 14.5 Å². The van der Waals surface area contributed by atoms with Crippen molar-refractivity contribution in [2.24, 2.45) is 0 Å². The summed E-state index contributed by atoms with van der Waals surface area (Å²) >= 11 is 3.56. The standard InChI is InChI=1S/C51H35N.C26H17Br.C24H18N2/c1-3-15-35(16-4-1)49(38-31-33-40(34-32-38)52-47-25-13-11-19-41(47)42-20-12-14-26-48(42)52)37-27-29-39(30-28-37)51-45-23-9-7-21-43(45)50(36-17-5-2-6-18-36)44-22-8-10-24-46(44)51;27-20-16-14-19(15-17-20)26-23-12-6-4-10-21(23)25(18-8-2-1-3-9-18)22-11-5-7-13-24(22)26;1-2-8-18(9-3-1)25-19-14-16-20(17-15-19)26-23-12-6-4-10-21(23)22-11-5-7-13-24(22)26/h1-34,49H;1-17H;1-17,25H. The molecule has 3 nitrogen and oxygen atoms in total. The topological polar surface area (TPSA) is 21.9 Å². The normalized spacial score (nSPS) is 11.6. The number of benzene rings is 18. The van der Waals surface area contributed by atoms with E-state index in [2.05, 4.69) is 425 Å². The van der Waals surface area contributed by atoms with Crippen molar-refractivity contribution >= 4 is 114 Å². The molecular weight excluding hydrogens is 1340 g/mol. The molecule has 0 aliphatic rings. The second-order valence-corrected chi connectivity index (χ2v) is 27.7. The van der Waals surface area contributed by atoms with Crippen molar-refractivity contribution in [3.63, 3.8) is 0 Å². The van der Waals surface area contributed by atoms with Crippen LogP contribution < -0.4 is 5.32 Å². The summed E-state index contributed by atoms with van der Waals surface area (Å²) in [6, 6.07) is 148. The van der Waals surface area contributed by atoms with Gasteiger partial charge in [0.2, 0.25) is 0 Å². The first-order valence-corrected chi connectivity index (χ1v) is 36.7. The third-order valence-corrected chi connectivity index (χ3v) is 21.1. The Bertz CT molecular complexity index is 6290. The largest absolute Gasteiger partial charge is 0.356 e. The second kappa shape index (κ2) is 28.4. The SMILES string of the molecule is Brc1ccc(-c2c3ccccc3c(-c3ccccc3)c3ccccc23)cc1.c1ccc(-c2c3ccccc3c(-c3ccc(C(c4ccccc4)c4ccc(-n5c6ccccc6c6ccccc65)cc4)cc3)c3ccccc23)cc1.c1ccc(Nc2ccc(-n3c4ccccc4c4ccccc43)cc2)cc1. The van der Waals surface area contributed by atoms with E-state index in [0.717, 1.165) is 15.8 Å². The zero-order valence-electron chi connectivity index (χ0n) is 57.6. The minimum absolute atomic E-state index is 0.0939. The van der Waals surface area contributed by atoms with Crippen LogP contribution in [0.3, 0.4) is 0 Å². The first-order valence-electron chi connectivity index (χ1n) is 35.9. The molecule has 18 aromatic carbocycles. The number of rotatable bonds is 11. The van der Waals surface area contributed by atoms with Crippen LogP contribution in [-0.2, 0) is 0 Å². The highest BCUT2D eigenvalue weighted by molar-refractivity contribution is 9.10. The lowest BCUT2D eigenvalue weighted by molar-refractivity contribution is 0.975. The summed E-state index contributed by atoms with van der Waals surface area (Å²) in [4.78, 5) is 0. The van der Waals surface area contributed by atoms with Gasteiger partial charge >= 0.3 is 0 Å². The number of hydrogen-bond acceptors (Lipinski definition) is 1. The second-order valence-electron chi connectivity index (χ2n) is 26.8. The van der Waals surface area contributed by atoms with E-state index in [1.165, 1.54) is 159 Å². The quantitative estimate of drug-likeness (QED) is 0.101. The predicted octanol–water partition coefficient (Wildman–Crippen LogP) is 28.2. The van der Waals surface area contributed by atoms with Gasteiger partial charge in [0.15, 0.2) is 0 Å². The van der Waals surface area contributed by atoms with Gasteiger partial charge in [-0.3, -0.25) is 0 Å². The van der Waals surface area contributed by atoms with Crippen LogP contribution >= 0.6 is 15.9 Å². The fourth-order valence-corrected chi connectivity index (χ4v) is 16.3. The molecule has 0 saturated heterocycles. The van der Waals surface area contributed by atoms with Gasteiger partial charge in [-0.2, -0.15) is 0 Å². The van der Waals surface area contributed by atoms with Crippen LogP contribution in [0.15, 0.2) is 417 Å². The van der Waals surface area contributed by atoms with E-state index in [4.69, 9.17) is 0 Å². The minimum atomic E-state index is 0.0939. The number of fused-ring (bicyclic) bond motifs is 10. The van der Waals surface area contributed by atoms with Gasteiger partial charge in [0, 0.05) is 54.7 Å². The average Bonchev–Trinajstić information content (AvgIpc) is 1.70. The Morgan fingerprint density at radius 2 is 0.419 bits per heavy atom. The lowest BCUT2D eigenvalue weighted by Gasteiger charge is -2.21. The van der Waals surface area contributed by atoms with E-state index < -0.39 is 0 Å². The number of hydrogen-bond donors (Lipinski definition) is 1. The third-order valence-electron chi connectivity index (χ3n) is 20.6.